The third kappa shape index (κ3) is 5.90. The van der Waals surface area contributed by atoms with E-state index < -0.39 is 24.5 Å². The van der Waals surface area contributed by atoms with Crippen molar-refractivity contribution in [2.75, 3.05) is 6.61 Å². The molecular formula is C17H20Cl2N2O4. The highest BCUT2D eigenvalue weighted by atomic mass is 35.5. The van der Waals surface area contributed by atoms with Gasteiger partial charge in [-0.1, -0.05) is 43.0 Å². The lowest BCUT2D eigenvalue weighted by Crippen LogP contribution is -2.48. The van der Waals surface area contributed by atoms with Gasteiger partial charge >= 0.3 is 12.0 Å². The number of benzene rings is 1. The monoisotopic (exact) mass is 386 g/mol. The van der Waals surface area contributed by atoms with Crippen molar-refractivity contribution < 1.29 is 19.1 Å². The second-order valence-corrected chi connectivity index (χ2v) is 6.93. The van der Waals surface area contributed by atoms with Gasteiger partial charge in [0.2, 0.25) is 0 Å². The number of hydrogen-bond donors (Lipinski definition) is 2. The molecule has 0 spiro atoms. The first-order valence-electron chi connectivity index (χ1n) is 8.09. The largest absolute Gasteiger partial charge is 0.452 e. The summed E-state index contributed by atoms with van der Waals surface area (Å²) in [5.41, 5.74) is 0.0966. The molecular weight excluding hydrogens is 367 g/mol. The minimum Gasteiger partial charge on any atom is -0.452 e. The Hall–Kier alpha value is -1.79. The summed E-state index contributed by atoms with van der Waals surface area (Å²) in [5.74, 6) is -1.10. The van der Waals surface area contributed by atoms with Gasteiger partial charge in [-0.2, -0.15) is 0 Å². The number of hydrogen-bond acceptors (Lipinski definition) is 4. The molecule has 0 radical (unpaired) electrons. The second-order valence-electron chi connectivity index (χ2n) is 6.09. The van der Waals surface area contributed by atoms with Crippen molar-refractivity contribution >= 4 is 41.1 Å². The molecule has 25 heavy (non-hydrogen) atoms. The van der Waals surface area contributed by atoms with Gasteiger partial charge in [0.05, 0.1) is 10.6 Å². The molecule has 136 valence electrons. The van der Waals surface area contributed by atoms with Crippen molar-refractivity contribution in [2.24, 2.45) is 5.92 Å². The van der Waals surface area contributed by atoms with Crippen LogP contribution >= 0.6 is 23.2 Å². The van der Waals surface area contributed by atoms with E-state index in [9.17, 15) is 14.4 Å². The van der Waals surface area contributed by atoms with E-state index >= 15 is 0 Å². The van der Waals surface area contributed by atoms with Gasteiger partial charge in [0.25, 0.3) is 5.91 Å². The second kappa shape index (κ2) is 9.06. The molecule has 1 saturated carbocycles. The van der Waals surface area contributed by atoms with Crippen molar-refractivity contribution in [3.8, 4) is 0 Å². The average molecular weight is 387 g/mol. The topological polar surface area (TPSA) is 84.5 Å². The van der Waals surface area contributed by atoms with Crippen LogP contribution in [0.3, 0.4) is 0 Å². The van der Waals surface area contributed by atoms with Crippen LogP contribution in [0.25, 0.3) is 0 Å². The minimum atomic E-state index is -0.766. The van der Waals surface area contributed by atoms with Crippen LogP contribution in [0.1, 0.15) is 43.0 Å². The van der Waals surface area contributed by atoms with Crippen LogP contribution < -0.4 is 10.6 Å². The van der Waals surface area contributed by atoms with Gasteiger partial charge in [-0.3, -0.25) is 10.1 Å². The van der Waals surface area contributed by atoms with E-state index in [2.05, 4.69) is 17.6 Å². The van der Waals surface area contributed by atoms with Crippen molar-refractivity contribution in [3.63, 3.8) is 0 Å². The summed E-state index contributed by atoms with van der Waals surface area (Å²) in [5, 5.41) is 5.45. The summed E-state index contributed by atoms with van der Waals surface area (Å²) in [6, 6.07) is 3.77. The van der Waals surface area contributed by atoms with Crippen molar-refractivity contribution in [3.05, 3.63) is 33.8 Å². The number of amides is 3. The standard InChI is InChI=1S/C17H20Cl2N2O4/c1-10-4-2-3-5-14(10)20-17(24)21-15(22)9-25-16(23)12-7-6-11(18)8-13(12)19/h6-8,10,14H,2-5,9H2,1H3,(H2,20,21,22,24)/t10-,14-/m1/s1. The lowest BCUT2D eigenvalue weighted by Gasteiger charge is -2.29. The van der Waals surface area contributed by atoms with E-state index in [1.165, 1.54) is 18.2 Å². The molecule has 3 amide bonds. The van der Waals surface area contributed by atoms with E-state index in [1.807, 2.05) is 0 Å². The van der Waals surface area contributed by atoms with Gasteiger partial charge in [-0.15, -0.1) is 0 Å². The first-order valence-corrected chi connectivity index (χ1v) is 8.85. The number of halogens is 2. The Kier molecular flexibility index (Phi) is 7.08. The number of carbonyl (C=O) groups is 3. The van der Waals surface area contributed by atoms with E-state index in [-0.39, 0.29) is 16.6 Å². The molecule has 0 saturated heterocycles. The number of esters is 1. The van der Waals surface area contributed by atoms with E-state index in [0.29, 0.717) is 10.9 Å². The molecule has 0 heterocycles. The van der Waals surface area contributed by atoms with Crippen LogP contribution in [0.2, 0.25) is 10.0 Å². The molecule has 2 rings (SSSR count). The quantitative estimate of drug-likeness (QED) is 0.774. The fourth-order valence-corrected chi connectivity index (χ4v) is 3.25. The molecule has 2 atom stereocenters. The predicted octanol–water partition coefficient (Wildman–Crippen LogP) is 3.55. The summed E-state index contributed by atoms with van der Waals surface area (Å²) in [7, 11) is 0. The number of urea groups is 1. The van der Waals surface area contributed by atoms with Crippen LogP contribution in [0, 0.1) is 5.92 Å². The maximum Gasteiger partial charge on any atom is 0.340 e. The number of carbonyl (C=O) groups excluding carboxylic acids is 3. The average Bonchev–Trinajstić information content (AvgIpc) is 2.54. The van der Waals surface area contributed by atoms with Crippen LogP contribution in [0.15, 0.2) is 18.2 Å². The molecule has 1 aliphatic carbocycles. The lowest BCUT2D eigenvalue weighted by molar-refractivity contribution is -0.123. The zero-order valence-corrected chi connectivity index (χ0v) is 15.3. The SMILES string of the molecule is C[C@@H]1CCCC[C@H]1NC(=O)NC(=O)COC(=O)c1ccc(Cl)cc1Cl. The summed E-state index contributed by atoms with van der Waals surface area (Å²) in [6.45, 7) is 1.50. The highest BCUT2D eigenvalue weighted by Gasteiger charge is 2.23. The molecule has 6 nitrogen and oxygen atoms in total. The third-order valence-electron chi connectivity index (χ3n) is 4.17. The van der Waals surface area contributed by atoms with E-state index in [4.69, 9.17) is 27.9 Å². The van der Waals surface area contributed by atoms with Gasteiger partial charge in [-0.25, -0.2) is 9.59 Å². The summed E-state index contributed by atoms with van der Waals surface area (Å²) in [4.78, 5) is 35.5. The summed E-state index contributed by atoms with van der Waals surface area (Å²) >= 11 is 11.6. The van der Waals surface area contributed by atoms with E-state index in [1.54, 1.807) is 0 Å². The molecule has 0 unspecified atom stereocenters. The van der Waals surface area contributed by atoms with Gasteiger partial charge in [-0.05, 0) is 37.0 Å². The van der Waals surface area contributed by atoms with Crippen LogP contribution in [-0.2, 0) is 9.53 Å². The molecule has 1 aromatic carbocycles. The predicted molar refractivity (Wildman–Crippen MR) is 94.8 cm³/mol. The summed E-state index contributed by atoms with van der Waals surface area (Å²) < 4.78 is 4.86. The number of nitrogens with one attached hydrogen (secondary N) is 2. The maximum absolute atomic E-state index is 11.9. The Balaban J connectivity index is 1.77. The Morgan fingerprint density at radius 1 is 1.20 bits per heavy atom. The van der Waals surface area contributed by atoms with Crippen molar-refractivity contribution in [2.45, 2.75) is 38.6 Å². The first-order chi connectivity index (χ1) is 11.9. The first kappa shape index (κ1) is 19.5. The van der Waals surface area contributed by atoms with Gasteiger partial charge in [0, 0.05) is 11.1 Å². The van der Waals surface area contributed by atoms with Crippen LogP contribution in [0.4, 0.5) is 4.79 Å². The molecule has 1 aromatic rings. The molecule has 0 bridgehead atoms. The molecule has 1 aliphatic rings. The Morgan fingerprint density at radius 2 is 1.92 bits per heavy atom. The number of rotatable bonds is 4. The number of imide groups is 1. The van der Waals surface area contributed by atoms with Gasteiger partial charge in [0.15, 0.2) is 6.61 Å². The zero-order chi connectivity index (χ0) is 18.4. The molecule has 0 aliphatic heterocycles. The van der Waals surface area contributed by atoms with Gasteiger partial charge in [0.1, 0.15) is 0 Å². The normalized spacial score (nSPS) is 19.8. The molecule has 2 N–H and O–H groups in total. The Bertz CT molecular complexity index is 666. The molecule has 1 fully saturated rings. The van der Waals surface area contributed by atoms with Crippen molar-refractivity contribution in [1.82, 2.24) is 10.6 Å². The molecule has 0 aromatic heterocycles. The fraction of sp³-hybridized carbons (Fsp3) is 0.471. The smallest absolute Gasteiger partial charge is 0.340 e. The van der Waals surface area contributed by atoms with Crippen molar-refractivity contribution in [1.29, 1.82) is 0 Å². The highest BCUT2D eigenvalue weighted by Crippen LogP contribution is 2.23. The maximum atomic E-state index is 11.9. The Labute approximate surface area is 156 Å². The third-order valence-corrected chi connectivity index (χ3v) is 4.71. The molecule has 8 heteroatoms. The van der Waals surface area contributed by atoms with Gasteiger partial charge < -0.3 is 10.1 Å². The van der Waals surface area contributed by atoms with Crippen LogP contribution in [-0.4, -0.2) is 30.6 Å². The lowest BCUT2D eigenvalue weighted by atomic mass is 9.86. The minimum absolute atomic E-state index is 0.0528. The van der Waals surface area contributed by atoms with E-state index in [0.717, 1.165) is 25.7 Å². The number of ether oxygens (including phenoxy) is 1. The Morgan fingerprint density at radius 3 is 2.60 bits per heavy atom. The fourth-order valence-electron chi connectivity index (χ4n) is 2.76. The highest BCUT2D eigenvalue weighted by molar-refractivity contribution is 6.36. The zero-order valence-electron chi connectivity index (χ0n) is 13.8. The van der Waals surface area contributed by atoms with Crippen LogP contribution in [0.5, 0.6) is 0 Å². The summed E-state index contributed by atoms with van der Waals surface area (Å²) in [6.07, 6.45) is 4.16.